The molecule has 0 radical (unpaired) electrons. The lowest BCUT2D eigenvalue weighted by Crippen LogP contribution is -1.97. The summed E-state index contributed by atoms with van der Waals surface area (Å²) < 4.78 is 19.6. The predicted molar refractivity (Wildman–Crippen MR) is 77.4 cm³/mol. The average Bonchev–Trinajstić information content (AvgIpc) is 2.85. The molecule has 98 valence electrons. The van der Waals surface area contributed by atoms with Gasteiger partial charge in [-0.05, 0) is 35.4 Å². The van der Waals surface area contributed by atoms with E-state index in [2.05, 4.69) is 22.0 Å². The normalized spacial score (nSPS) is 14.9. The smallest absolute Gasteiger partial charge is 0.127 e. The van der Waals surface area contributed by atoms with Crippen molar-refractivity contribution in [1.29, 1.82) is 0 Å². The van der Waals surface area contributed by atoms with Crippen LogP contribution in [0.15, 0.2) is 40.9 Å². The average molecular weight is 342 g/mol. The van der Waals surface area contributed by atoms with E-state index in [1.54, 1.807) is 12.1 Å². The Bertz CT molecular complexity index is 612. The van der Waals surface area contributed by atoms with Gasteiger partial charge in [0, 0.05) is 16.5 Å². The Kier molecular flexibility index (Phi) is 3.50. The van der Waals surface area contributed by atoms with Gasteiger partial charge in [0.25, 0.3) is 0 Å². The molecule has 0 aliphatic carbocycles. The largest absolute Gasteiger partial charge is 0.493 e. The molecular formula is C15H11BrClFO. The van der Waals surface area contributed by atoms with E-state index in [0.717, 1.165) is 33.3 Å². The zero-order chi connectivity index (χ0) is 13.4. The minimum absolute atomic E-state index is 0.261. The van der Waals surface area contributed by atoms with Gasteiger partial charge in [-0.25, -0.2) is 4.39 Å². The van der Waals surface area contributed by atoms with Gasteiger partial charge in [-0.2, -0.15) is 0 Å². The summed E-state index contributed by atoms with van der Waals surface area (Å²) in [5.41, 5.74) is 2.95. The van der Waals surface area contributed by atoms with Crippen LogP contribution in [0.2, 0.25) is 0 Å². The summed E-state index contributed by atoms with van der Waals surface area (Å²) in [6.07, 6.45) is 0.898. The fraction of sp³-hybridized carbons (Fsp3) is 0.200. The summed E-state index contributed by atoms with van der Waals surface area (Å²) in [6, 6.07) is 10.3. The second-order valence-electron chi connectivity index (χ2n) is 4.50. The van der Waals surface area contributed by atoms with Gasteiger partial charge in [-0.1, -0.05) is 28.1 Å². The number of benzene rings is 2. The molecule has 2 aromatic rings. The van der Waals surface area contributed by atoms with E-state index in [9.17, 15) is 4.39 Å². The molecule has 0 fully saturated rings. The molecule has 19 heavy (non-hydrogen) atoms. The minimum Gasteiger partial charge on any atom is -0.493 e. The van der Waals surface area contributed by atoms with Gasteiger partial charge in [-0.15, -0.1) is 11.6 Å². The van der Waals surface area contributed by atoms with Crippen LogP contribution in [-0.2, 0) is 6.42 Å². The molecule has 3 rings (SSSR count). The van der Waals surface area contributed by atoms with Gasteiger partial charge in [0.1, 0.15) is 11.6 Å². The molecule has 0 bridgehead atoms. The highest BCUT2D eigenvalue weighted by Crippen LogP contribution is 2.41. The third-order valence-electron chi connectivity index (χ3n) is 3.21. The fourth-order valence-electron chi connectivity index (χ4n) is 2.30. The standard InChI is InChI=1S/C15H11BrClFO/c16-11-7-10-5-6-19-15(10)13(8-11)14(17)9-1-3-12(18)4-2-9/h1-4,7-8,14H,5-6H2. The number of fused-ring (bicyclic) bond motifs is 1. The van der Waals surface area contributed by atoms with E-state index < -0.39 is 0 Å². The van der Waals surface area contributed by atoms with Crippen LogP contribution < -0.4 is 4.74 Å². The van der Waals surface area contributed by atoms with Gasteiger partial charge in [0.15, 0.2) is 0 Å². The van der Waals surface area contributed by atoms with Crippen molar-refractivity contribution in [3.8, 4) is 5.75 Å². The van der Waals surface area contributed by atoms with Crippen LogP contribution in [0.5, 0.6) is 5.75 Å². The van der Waals surface area contributed by atoms with Crippen LogP contribution >= 0.6 is 27.5 Å². The molecule has 0 saturated carbocycles. The highest BCUT2D eigenvalue weighted by Gasteiger charge is 2.23. The first kappa shape index (κ1) is 12.9. The molecule has 1 heterocycles. The summed E-state index contributed by atoms with van der Waals surface area (Å²) in [5, 5.41) is -0.343. The summed E-state index contributed by atoms with van der Waals surface area (Å²) in [7, 11) is 0. The van der Waals surface area contributed by atoms with Crippen molar-refractivity contribution in [3.63, 3.8) is 0 Å². The van der Waals surface area contributed by atoms with Crippen LogP contribution in [0, 0.1) is 5.82 Å². The van der Waals surface area contributed by atoms with E-state index in [-0.39, 0.29) is 11.2 Å². The maximum absolute atomic E-state index is 13.0. The maximum atomic E-state index is 13.0. The summed E-state index contributed by atoms with van der Waals surface area (Å²) in [5.74, 6) is 0.607. The lowest BCUT2D eigenvalue weighted by atomic mass is 10.0. The number of alkyl halides is 1. The van der Waals surface area contributed by atoms with Crippen molar-refractivity contribution >= 4 is 27.5 Å². The Morgan fingerprint density at radius 1 is 1.21 bits per heavy atom. The van der Waals surface area contributed by atoms with Crippen LogP contribution in [-0.4, -0.2) is 6.61 Å². The van der Waals surface area contributed by atoms with E-state index in [1.165, 1.54) is 12.1 Å². The van der Waals surface area contributed by atoms with Crippen LogP contribution in [0.3, 0.4) is 0 Å². The third-order valence-corrected chi connectivity index (χ3v) is 4.16. The first-order valence-electron chi connectivity index (χ1n) is 6.00. The quantitative estimate of drug-likeness (QED) is 0.709. The van der Waals surface area contributed by atoms with Crippen LogP contribution in [0.25, 0.3) is 0 Å². The first-order valence-corrected chi connectivity index (χ1v) is 7.23. The number of hydrogen-bond donors (Lipinski definition) is 0. The summed E-state index contributed by atoms with van der Waals surface area (Å²) >= 11 is 10.0. The molecule has 0 amide bonds. The zero-order valence-corrected chi connectivity index (χ0v) is 12.3. The molecular weight excluding hydrogens is 331 g/mol. The van der Waals surface area contributed by atoms with Crippen molar-refractivity contribution in [2.24, 2.45) is 0 Å². The van der Waals surface area contributed by atoms with Gasteiger partial charge < -0.3 is 4.74 Å². The Labute approximate surface area is 124 Å². The molecule has 4 heteroatoms. The highest BCUT2D eigenvalue weighted by atomic mass is 79.9. The topological polar surface area (TPSA) is 9.23 Å². The SMILES string of the molecule is Fc1ccc(C(Cl)c2cc(Br)cc3c2OCC3)cc1. The molecule has 0 aromatic heterocycles. The second-order valence-corrected chi connectivity index (χ2v) is 5.85. The molecule has 1 atom stereocenters. The van der Waals surface area contributed by atoms with E-state index >= 15 is 0 Å². The van der Waals surface area contributed by atoms with Gasteiger partial charge >= 0.3 is 0 Å². The molecule has 1 unspecified atom stereocenters. The Morgan fingerprint density at radius 2 is 1.95 bits per heavy atom. The summed E-state index contributed by atoms with van der Waals surface area (Å²) in [4.78, 5) is 0. The first-order chi connectivity index (χ1) is 9.15. The number of halogens is 3. The molecule has 0 saturated heterocycles. The van der Waals surface area contributed by atoms with Gasteiger partial charge in [0.2, 0.25) is 0 Å². The fourth-order valence-corrected chi connectivity index (χ4v) is 3.13. The molecule has 0 spiro atoms. The van der Waals surface area contributed by atoms with E-state index in [4.69, 9.17) is 16.3 Å². The highest BCUT2D eigenvalue weighted by molar-refractivity contribution is 9.10. The molecule has 1 aliphatic rings. The zero-order valence-electron chi connectivity index (χ0n) is 10.00. The lowest BCUT2D eigenvalue weighted by molar-refractivity contribution is 0.353. The second kappa shape index (κ2) is 5.14. The van der Waals surface area contributed by atoms with E-state index in [1.807, 2.05) is 6.07 Å². The van der Waals surface area contributed by atoms with Crippen molar-refractivity contribution in [2.45, 2.75) is 11.8 Å². The van der Waals surface area contributed by atoms with Crippen LogP contribution in [0.1, 0.15) is 22.1 Å². The molecule has 1 aliphatic heterocycles. The molecule has 0 N–H and O–H groups in total. The number of ether oxygens (including phenoxy) is 1. The lowest BCUT2D eigenvalue weighted by Gasteiger charge is -2.15. The van der Waals surface area contributed by atoms with Crippen molar-refractivity contribution in [2.75, 3.05) is 6.61 Å². The van der Waals surface area contributed by atoms with Crippen molar-refractivity contribution in [1.82, 2.24) is 0 Å². The van der Waals surface area contributed by atoms with Crippen molar-refractivity contribution < 1.29 is 9.13 Å². The monoisotopic (exact) mass is 340 g/mol. The third kappa shape index (κ3) is 2.49. The Balaban J connectivity index is 2.04. The van der Waals surface area contributed by atoms with Crippen LogP contribution in [0.4, 0.5) is 4.39 Å². The van der Waals surface area contributed by atoms with Gasteiger partial charge in [0.05, 0.1) is 12.0 Å². The Hall–Kier alpha value is -1.06. The number of rotatable bonds is 2. The molecule has 1 nitrogen and oxygen atoms in total. The minimum atomic E-state index is -0.343. The van der Waals surface area contributed by atoms with Crippen molar-refractivity contribution in [3.05, 3.63) is 63.4 Å². The summed E-state index contributed by atoms with van der Waals surface area (Å²) in [6.45, 7) is 0.686. The van der Waals surface area contributed by atoms with E-state index in [0.29, 0.717) is 6.61 Å². The Morgan fingerprint density at radius 3 is 2.68 bits per heavy atom. The number of hydrogen-bond acceptors (Lipinski definition) is 1. The molecule has 2 aromatic carbocycles. The van der Waals surface area contributed by atoms with Gasteiger partial charge in [-0.3, -0.25) is 0 Å². The maximum Gasteiger partial charge on any atom is 0.127 e. The predicted octanol–water partition coefficient (Wildman–Crippen LogP) is 4.85.